The van der Waals surface area contributed by atoms with Crippen molar-refractivity contribution in [2.24, 2.45) is 0 Å². The van der Waals surface area contributed by atoms with Crippen LogP contribution in [-0.4, -0.2) is 80.3 Å². The minimum Gasteiger partial charge on any atom is -0.502 e. The first-order valence-corrected chi connectivity index (χ1v) is 22.8. The third-order valence-electron chi connectivity index (χ3n) is 12.4. The summed E-state index contributed by atoms with van der Waals surface area (Å²) in [7, 11) is 0. The van der Waals surface area contributed by atoms with Gasteiger partial charge >= 0.3 is 0 Å². The molecule has 4 aromatic heterocycles. The average molecular weight is 955 g/mol. The quantitative estimate of drug-likeness (QED) is 0.143. The molecule has 344 valence electrons. The average Bonchev–Trinajstić information content (AvgIpc) is 4.00. The summed E-state index contributed by atoms with van der Waals surface area (Å²) in [6, 6.07) is 8.33. The topological polar surface area (TPSA) is 150 Å². The summed E-state index contributed by atoms with van der Waals surface area (Å²) in [6.07, 6.45) is 8.53. The van der Waals surface area contributed by atoms with Crippen molar-refractivity contribution in [1.82, 2.24) is 19.2 Å². The molecule has 3 atom stereocenters. The first-order valence-electron chi connectivity index (χ1n) is 21.0. The Morgan fingerprint density at radius 3 is 2.07 bits per heavy atom. The fourth-order valence-electron chi connectivity index (χ4n) is 9.15. The van der Waals surface area contributed by atoms with E-state index in [1.165, 1.54) is 72.4 Å². The summed E-state index contributed by atoms with van der Waals surface area (Å²) in [5, 5.41) is 29.1. The highest BCUT2D eigenvalue weighted by Gasteiger charge is 2.42. The summed E-state index contributed by atoms with van der Waals surface area (Å²) in [5.41, 5.74) is -1.51. The van der Waals surface area contributed by atoms with Crippen LogP contribution in [0.3, 0.4) is 0 Å². The van der Waals surface area contributed by atoms with Gasteiger partial charge in [-0.15, -0.1) is 22.7 Å². The fraction of sp³-hybridized carbons (Fsp3) is 0.234. The molecule has 2 aromatic carbocycles. The molecule has 0 saturated carbocycles. The summed E-state index contributed by atoms with van der Waals surface area (Å²) >= 11 is 2.68. The Hall–Kier alpha value is -7.32. The molecular weight excluding hydrogens is 917 g/mol. The minimum atomic E-state index is -1.30. The standard InChI is InChI=1S/C47H38F4N6O8S2/c1-25-28(14-21-66-25)38-30-22-26(35(49)37(51)45(30)64-18-3-2-15-52-23-56(38)54-16-12-32(58)42(60)40(54)46(52)62)8-9-27-6-4-19-65-44-29(10-11-31(48)36(44)50)39(34-7-5-20-67-34)57-24-53(27)47(63)41-43(61)33(59)13-17-55(41)57/h2-7,10-14,16-17,20-22,27,38-39,60-61H,8-9,15,18-19,23-24H2,1H3/b3-2-,6-4+/t27-,38-,39+/m1/s1. The highest BCUT2D eigenvalue weighted by Crippen LogP contribution is 2.44. The lowest BCUT2D eigenvalue weighted by molar-refractivity contribution is 0.0622. The number of carbonyl (C=O) groups excluding carboxylic acids is 2. The van der Waals surface area contributed by atoms with Gasteiger partial charge in [-0.2, -0.15) is 8.78 Å². The maximum absolute atomic E-state index is 16.9. The smallest absolute Gasteiger partial charge is 0.278 e. The van der Waals surface area contributed by atoms with Gasteiger partial charge in [0.15, 0.2) is 46.0 Å². The number of halogens is 4. The van der Waals surface area contributed by atoms with E-state index in [1.54, 1.807) is 51.8 Å². The van der Waals surface area contributed by atoms with E-state index in [4.69, 9.17) is 9.47 Å². The summed E-state index contributed by atoms with van der Waals surface area (Å²) in [5.74, 6) is -8.78. The second-order valence-corrected chi connectivity index (χ2v) is 18.2. The summed E-state index contributed by atoms with van der Waals surface area (Å²) in [6.45, 7) is 1.00. The molecule has 0 spiro atoms. The lowest BCUT2D eigenvalue weighted by Gasteiger charge is -2.45. The molecule has 0 aliphatic carbocycles. The van der Waals surface area contributed by atoms with E-state index in [2.05, 4.69) is 0 Å². The molecule has 2 amide bonds. The number of hydrogen-bond acceptors (Lipinski definition) is 12. The van der Waals surface area contributed by atoms with Crippen molar-refractivity contribution in [3.63, 3.8) is 0 Å². The van der Waals surface area contributed by atoms with E-state index in [0.717, 1.165) is 23.1 Å². The van der Waals surface area contributed by atoms with Crippen molar-refractivity contribution in [2.75, 3.05) is 43.1 Å². The van der Waals surface area contributed by atoms with Gasteiger partial charge in [-0.1, -0.05) is 18.2 Å². The molecule has 0 unspecified atom stereocenters. The number of nitrogens with zero attached hydrogens (tertiary/aromatic N) is 6. The van der Waals surface area contributed by atoms with Crippen molar-refractivity contribution in [1.29, 1.82) is 0 Å². The van der Waals surface area contributed by atoms with Crippen LogP contribution < -0.4 is 30.3 Å². The number of ether oxygens (including phenoxy) is 2. The normalized spacial score (nSPS) is 20.0. The summed E-state index contributed by atoms with van der Waals surface area (Å²) < 4.78 is 78.8. The lowest BCUT2D eigenvalue weighted by atomic mass is 9.93. The zero-order valence-corrected chi connectivity index (χ0v) is 36.9. The van der Waals surface area contributed by atoms with Crippen LogP contribution in [0.5, 0.6) is 23.0 Å². The lowest BCUT2D eigenvalue weighted by Crippen LogP contribution is -2.57. The Kier molecular flexibility index (Phi) is 11.2. The van der Waals surface area contributed by atoms with Gasteiger partial charge in [0.1, 0.15) is 38.6 Å². The van der Waals surface area contributed by atoms with Gasteiger partial charge in [-0.05, 0) is 84.1 Å². The van der Waals surface area contributed by atoms with E-state index in [0.29, 0.717) is 10.4 Å². The number of amides is 2. The second-order valence-electron chi connectivity index (χ2n) is 16.1. The number of rotatable bonds is 5. The van der Waals surface area contributed by atoms with Gasteiger partial charge in [-0.3, -0.25) is 38.5 Å². The third-order valence-corrected chi connectivity index (χ3v) is 14.2. The van der Waals surface area contributed by atoms with E-state index in [-0.39, 0.29) is 68.3 Å². The Balaban J connectivity index is 1.10. The van der Waals surface area contributed by atoms with Gasteiger partial charge in [0.25, 0.3) is 11.8 Å². The van der Waals surface area contributed by atoms with Crippen LogP contribution in [0, 0.1) is 30.2 Å². The zero-order chi connectivity index (χ0) is 46.8. The predicted molar refractivity (Wildman–Crippen MR) is 239 cm³/mol. The molecule has 4 aliphatic heterocycles. The van der Waals surface area contributed by atoms with Gasteiger partial charge < -0.3 is 29.5 Å². The van der Waals surface area contributed by atoms with E-state index >= 15 is 13.2 Å². The Bertz CT molecular complexity index is 3170. The molecule has 2 N–H and O–H groups in total. The number of thiophene rings is 2. The molecule has 0 fully saturated rings. The van der Waals surface area contributed by atoms with Crippen LogP contribution in [0.25, 0.3) is 0 Å². The molecule has 0 radical (unpaired) electrons. The van der Waals surface area contributed by atoms with Gasteiger partial charge in [-0.25, -0.2) is 8.78 Å². The number of carbonyl (C=O) groups is 2. The molecule has 6 aromatic rings. The van der Waals surface area contributed by atoms with Gasteiger partial charge in [0, 0.05) is 52.0 Å². The third kappa shape index (κ3) is 7.30. The monoisotopic (exact) mass is 954 g/mol. The Morgan fingerprint density at radius 1 is 0.701 bits per heavy atom. The predicted octanol–water partition coefficient (Wildman–Crippen LogP) is 6.59. The first-order chi connectivity index (χ1) is 32.3. The number of benzene rings is 2. The van der Waals surface area contributed by atoms with E-state index in [1.807, 2.05) is 12.3 Å². The largest absolute Gasteiger partial charge is 0.502 e. The number of aromatic hydroxyl groups is 2. The number of aromatic nitrogens is 2. The Labute approximate surface area is 386 Å². The maximum Gasteiger partial charge on any atom is 0.278 e. The van der Waals surface area contributed by atoms with E-state index < -0.39 is 92.8 Å². The van der Waals surface area contributed by atoms with Crippen molar-refractivity contribution in [3.8, 4) is 23.0 Å². The van der Waals surface area contributed by atoms with Crippen LogP contribution >= 0.6 is 22.7 Å². The van der Waals surface area contributed by atoms with Crippen LogP contribution in [0.4, 0.5) is 17.6 Å². The van der Waals surface area contributed by atoms with Crippen molar-refractivity contribution in [2.45, 2.75) is 37.9 Å². The van der Waals surface area contributed by atoms with E-state index in [9.17, 15) is 33.8 Å². The minimum absolute atomic E-state index is 0.0322. The number of aryl methyl sites for hydroxylation is 2. The van der Waals surface area contributed by atoms with Crippen LogP contribution in [-0.2, 0) is 6.42 Å². The fourth-order valence-corrected chi connectivity index (χ4v) is 10.7. The number of fused-ring (bicyclic) bond motifs is 10. The second kappa shape index (κ2) is 17.2. The SMILES string of the molecule is Cc1sccc1[C@@H]1c2cc(CC[C@H]3/C=C/COc4c(ccc(F)c4F)[C@@H](c4cccs4)N4CN3C(=O)c3c(O)c(=O)ccn34)c(F)c(F)c2OC/C=C\CN2CN1n1ccc(=O)c(O)c1C2=O. The van der Waals surface area contributed by atoms with Crippen LogP contribution in [0.15, 0.2) is 106 Å². The molecule has 8 heterocycles. The maximum atomic E-state index is 16.9. The zero-order valence-electron chi connectivity index (χ0n) is 35.3. The molecule has 4 aliphatic rings. The highest BCUT2D eigenvalue weighted by atomic mass is 32.1. The number of pyridine rings is 2. The molecule has 14 nitrogen and oxygen atoms in total. The molecule has 0 saturated heterocycles. The van der Waals surface area contributed by atoms with Gasteiger partial charge in [0.05, 0.1) is 6.04 Å². The molecule has 20 heteroatoms. The molecule has 4 bridgehead atoms. The van der Waals surface area contributed by atoms with Crippen molar-refractivity contribution < 1.29 is 46.8 Å². The first kappa shape index (κ1) is 43.6. The molecule has 10 rings (SSSR count). The van der Waals surface area contributed by atoms with Crippen molar-refractivity contribution >= 4 is 34.5 Å². The summed E-state index contributed by atoms with van der Waals surface area (Å²) in [4.78, 5) is 58.3. The van der Waals surface area contributed by atoms with Crippen LogP contribution in [0.2, 0.25) is 0 Å². The molecular formula is C47H38F4N6O8S2. The van der Waals surface area contributed by atoms with Gasteiger partial charge in [0.2, 0.25) is 22.5 Å². The number of hydrogen-bond donors (Lipinski definition) is 2. The molecule has 67 heavy (non-hydrogen) atoms. The highest BCUT2D eigenvalue weighted by molar-refractivity contribution is 7.10. The van der Waals surface area contributed by atoms with Crippen molar-refractivity contribution in [3.05, 3.63) is 183 Å². The Morgan fingerprint density at radius 2 is 1.39 bits per heavy atom. The van der Waals surface area contributed by atoms with Crippen LogP contribution in [0.1, 0.15) is 71.5 Å².